The molecular weight excluding hydrogens is 318 g/mol. The summed E-state index contributed by atoms with van der Waals surface area (Å²) in [6.07, 6.45) is 0. The van der Waals surface area contributed by atoms with Crippen molar-refractivity contribution in [1.29, 1.82) is 0 Å². The Bertz CT molecular complexity index is 613. The van der Waals surface area contributed by atoms with Gasteiger partial charge in [0.25, 0.3) is 0 Å². The Hall–Kier alpha value is -1.65. The fourth-order valence-corrected chi connectivity index (χ4v) is 2.50. The average Bonchev–Trinajstić information content (AvgIpc) is 2.41. The Labute approximate surface area is 127 Å². The number of nitrogens with zero attached hydrogens (tertiary/aromatic N) is 1. The highest BCUT2D eigenvalue weighted by Crippen LogP contribution is 2.18. The number of carboxylic acid groups (broad SMARTS) is 1. The lowest BCUT2D eigenvalue weighted by molar-refractivity contribution is 0.0696. The molecule has 3 nitrogen and oxygen atoms in total. The highest BCUT2D eigenvalue weighted by molar-refractivity contribution is 9.10. The largest absolute Gasteiger partial charge is 0.478 e. The summed E-state index contributed by atoms with van der Waals surface area (Å²) in [5.41, 5.74) is 2.54. The Morgan fingerprint density at radius 2 is 1.90 bits per heavy atom. The lowest BCUT2D eigenvalue weighted by atomic mass is 10.1. The number of halogens is 1. The van der Waals surface area contributed by atoms with Gasteiger partial charge in [0.1, 0.15) is 0 Å². The molecule has 0 aliphatic rings. The van der Waals surface area contributed by atoms with E-state index in [4.69, 9.17) is 5.11 Å². The molecule has 20 heavy (non-hydrogen) atoms. The van der Waals surface area contributed by atoms with Gasteiger partial charge in [-0.05, 0) is 36.4 Å². The van der Waals surface area contributed by atoms with Crippen LogP contribution in [0.4, 0.5) is 0 Å². The van der Waals surface area contributed by atoms with Crippen LogP contribution in [0.25, 0.3) is 0 Å². The van der Waals surface area contributed by atoms with Gasteiger partial charge in [0.15, 0.2) is 0 Å². The molecule has 0 amide bonds. The molecule has 0 spiro atoms. The van der Waals surface area contributed by atoms with Crippen LogP contribution in [0.1, 0.15) is 21.5 Å². The summed E-state index contributed by atoms with van der Waals surface area (Å²) >= 11 is 3.54. The van der Waals surface area contributed by atoms with Gasteiger partial charge in [-0.2, -0.15) is 0 Å². The molecule has 0 atom stereocenters. The summed E-state index contributed by atoms with van der Waals surface area (Å²) in [7, 11) is 2.02. The van der Waals surface area contributed by atoms with E-state index in [1.54, 1.807) is 18.2 Å². The maximum Gasteiger partial charge on any atom is 0.335 e. The SMILES string of the molecule is CN(Cc1cccc(C(=O)O)c1)Cc1ccccc1Br. The Balaban J connectivity index is 2.05. The van der Waals surface area contributed by atoms with Crippen molar-refractivity contribution in [2.45, 2.75) is 13.1 Å². The molecule has 104 valence electrons. The molecule has 4 heteroatoms. The first-order valence-corrected chi connectivity index (χ1v) is 7.10. The number of hydrogen-bond donors (Lipinski definition) is 1. The average molecular weight is 334 g/mol. The first-order chi connectivity index (χ1) is 9.56. The molecule has 2 aromatic rings. The van der Waals surface area contributed by atoms with E-state index in [-0.39, 0.29) is 0 Å². The standard InChI is InChI=1S/C16H16BrNO2/c1-18(11-14-6-2-3-8-15(14)17)10-12-5-4-7-13(9-12)16(19)20/h2-9H,10-11H2,1H3,(H,19,20). The van der Waals surface area contributed by atoms with Crippen LogP contribution in [-0.4, -0.2) is 23.0 Å². The van der Waals surface area contributed by atoms with E-state index >= 15 is 0 Å². The number of rotatable bonds is 5. The third-order valence-corrected chi connectivity index (χ3v) is 3.80. The maximum atomic E-state index is 11.0. The minimum Gasteiger partial charge on any atom is -0.478 e. The van der Waals surface area contributed by atoms with Gasteiger partial charge in [0.05, 0.1) is 5.56 Å². The molecule has 0 saturated carbocycles. The zero-order valence-corrected chi connectivity index (χ0v) is 12.8. The van der Waals surface area contributed by atoms with Gasteiger partial charge in [-0.3, -0.25) is 4.90 Å². The van der Waals surface area contributed by atoms with Crippen molar-refractivity contribution >= 4 is 21.9 Å². The van der Waals surface area contributed by atoms with Gasteiger partial charge < -0.3 is 5.11 Å². The molecule has 0 fully saturated rings. The summed E-state index contributed by atoms with van der Waals surface area (Å²) in [6, 6.07) is 15.2. The van der Waals surface area contributed by atoms with Crippen LogP contribution in [0.2, 0.25) is 0 Å². The summed E-state index contributed by atoms with van der Waals surface area (Å²) in [5, 5.41) is 9.00. The fourth-order valence-electron chi connectivity index (χ4n) is 2.09. The van der Waals surface area contributed by atoms with Crippen LogP contribution in [0, 0.1) is 0 Å². The molecule has 0 saturated heterocycles. The van der Waals surface area contributed by atoms with Crippen molar-refractivity contribution in [1.82, 2.24) is 4.90 Å². The van der Waals surface area contributed by atoms with E-state index in [0.717, 1.165) is 16.6 Å². The van der Waals surface area contributed by atoms with E-state index in [1.165, 1.54) is 5.56 Å². The molecule has 0 aliphatic carbocycles. The third kappa shape index (κ3) is 3.92. The highest BCUT2D eigenvalue weighted by Gasteiger charge is 2.07. The predicted molar refractivity (Wildman–Crippen MR) is 82.7 cm³/mol. The van der Waals surface area contributed by atoms with E-state index in [9.17, 15) is 4.79 Å². The number of aromatic carboxylic acids is 1. The van der Waals surface area contributed by atoms with Crippen LogP contribution in [-0.2, 0) is 13.1 Å². The molecule has 0 bridgehead atoms. The molecule has 0 radical (unpaired) electrons. The number of carbonyl (C=O) groups is 1. The second kappa shape index (κ2) is 6.68. The number of carboxylic acids is 1. The van der Waals surface area contributed by atoms with E-state index in [2.05, 4.69) is 26.9 Å². The minimum atomic E-state index is -0.889. The minimum absolute atomic E-state index is 0.330. The van der Waals surface area contributed by atoms with Gasteiger partial charge in [0.2, 0.25) is 0 Å². The number of hydrogen-bond acceptors (Lipinski definition) is 2. The Morgan fingerprint density at radius 1 is 1.15 bits per heavy atom. The summed E-state index contributed by atoms with van der Waals surface area (Å²) < 4.78 is 1.09. The molecule has 2 aromatic carbocycles. The van der Waals surface area contributed by atoms with E-state index in [0.29, 0.717) is 12.1 Å². The van der Waals surface area contributed by atoms with Gasteiger partial charge in [-0.15, -0.1) is 0 Å². The molecule has 0 unspecified atom stereocenters. The molecule has 2 rings (SSSR count). The van der Waals surface area contributed by atoms with Gasteiger partial charge >= 0.3 is 5.97 Å². The van der Waals surface area contributed by atoms with Gasteiger partial charge in [-0.1, -0.05) is 46.3 Å². The van der Waals surface area contributed by atoms with Crippen LogP contribution in [0.15, 0.2) is 53.0 Å². The predicted octanol–water partition coefficient (Wildman–Crippen LogP) is 3.78. The fraction of sp³-hybridized carbons (Fsp3) is 0.188. The first-order valence-electron chi connectivity index (χ1n) is 6.30. The topological polar surface area (TPSA) is 40.5 Å². The van der Waals surface area contributed by atoms with Gasteiger partial charge in [0, 0.05) is 17.6 Å². The van der Waals surface area contributed by atoms with Gasteiger partial charge in [-0.25, -0.2) is 4.79 Å². The highest BCUT2D eigenvalue weighted by atomic mass is 79.9. The lowest BCUT2D eigenvalue weighted by Gasteiger charge is -2.18. The molecule has 1 N–H and O–H groups in total. The van der Waals surface area contributed by atoms with Crippen molar-refractivity contribution < 1.29 is 9.90 Å². The van der Waals surface area contributed by atoms with Crippen LogP contribution in [0.3, 0.4) is 0 Å². The zero-order valence-electron chi connectivity index (χ0n) is 11.2. The van der Waals surface area contributed by atoms with Crippen molar-refractivity contribution in [2.75, 3.05) is 7.05 Å². The second-order valence-electron chi connectivity index (χ2n) is 4.77. The number of benzene rings is 2. The normalized spacial score (nSPS) is 10.8. The molecular formula is C16H16BrNO2. The van der Waals surface area contributed by atoms with Crippen molar-refractivity contribution in [3.05, 3.63) is 69.7 Å². The Kier molecular flexibility index (Phi) is 4.93. The maximum absolute atomic E-state index is 11.0. The molecule has 0 aliphatic heterocycles. The van der Waals surface area contributed by atoms with Crippen LogP contribution in [0.5, 0.6) is 0 Å². The molecule has 0 heterocycles. The van der Waals surface area contributed by atoms with Crippen molar-refractivity contribution in [2.24, 2.45) is 0 Å². The third-order valence-electron chi connectivity index (χ3n) is 3.02. The smallest absolute Gasteiger partial charge is 0.335 e. The van der Waals surface area contributed by atoms with Crippen molar-refractivity contribution in [3.63, 3.8) is 0 Å². The summed E-state index contributed by atoms with van der Waals surface area (Å²) in [6.45, 7) is 1.52. The zero-order chi connectivity index (χ0) is 14.5. The second-order valence-corrected chi connectivity index (χ2v) is 5.62. The monoisotopic (exact) mass is 333 g/mol. The van der Waals surface area contributed by atoms with E-state index < -0.39 is 5.97 Å². The van der Waals surface area contributed by atoms with Crippen molar-refractivity contribution in [3.8, 4) is 0 Å². The quantitative estimate of drug-likeness (QED) is 0.905. The summed E-state index contributed by atoms with van der Waals surface area (Å²) in [5.74, 6) is -0.889. The van der Waals surface area contributed by atoms with E-state index in [1.807, 2.05) is 31.3 Å². The van der Waals surface area contributed by atoms with Crippen LogP contribution >= 0.6 is 15.9 Å². The first kappa shape index (κ1) is 14.8. The van der Waals surface area contributed by atoms with Crippen LogP contribution < -0.4 is 0 Å². The summed E-state index contributed by atoms with van der Waals surface area (Å²) in [4.78, 5) is 13.1. The molecule has 0 aromatic heterocycles. The Morgan fingerprint density at radius 3 is 2.60 bits per heavy atom. The lowest BCUT2D eigenvalue weighted by Crippen LogP contribution is -2.17.